The molecular formula is C14H10Cl2O3. The summed E-state index contributed by atoms with van der Waals surface area (Å²) in [6, 6.07) is 9.13. The number of carbonyl (C=O) groups excluding carboxylic acids is 1. The van der Waals surface area contributed by atoms with Crippen LogP contribution in [-0.2, 0) is 0 Å². The number of rotatable bonds is 3. The Morgan fingerprint density at radius 1 is 1.05 bits per heavy atom. The molecule has 2 aromatic rings. The van der Waals surface area contributed by atoms with Crippen molar-refractivity contribution in [3.05, 3.63) is 63.1 Å². The number of carbonyl (C=O) groups is 1. The van der Waals surface area contributed by atoms with Gasteiger partial charge < -0.3 is 10.2 Å². The number of benzene rings is 2. The van der Waals surface area contributed by atoms with E-state index in [1.54, 1.807) is 24.3 Å². The molecule has 0 saturated heterocycles. The van der Waals surface area contributed by atoms with Crippen LogP contribution in [0.5, 0.6) is 5.75 Å². The quantitative estimate of drug-likeness (QED) is 0.851. The van der Waals surface area contributed by atoms with Crippen molar-refractivity contribution < 1.29 is 15.0 Å². The summed E-state index contributed by atoms with van der Waals surface area (Å²) in [5.74, 6) is -0.138. The predicted octanol–water partition coefficient (Wildman–Crippen LogP) is 3.59. The zero-order valence-electron chi connectivity index (χ0n) is 9.68. The summed E-state index contributed by atoms with van der Waals surface area (Å²) in [4.78, 5) is 10.6. The Morgan fingerprint density at radius 3 is 2.26 bits per heavy atom. The average Bonchev–Trinajstić information content (AvgIpc) is 2.43. The third-order valence-corrected chi connectivity index (χ3v) is 3.59. The van der Waals surface area contributed by atoms with Gasteiger partial charge in [-0.2, -0.15) is 0 Å². The van der Waals surface area contributed by atoms with Crippen molar-refractivity contribution in [1.29, 1.82) is 0 Å². The molecular weight excluding hydrogens is 287 g/mol. The molecule has 0 aromatic heterocycles. The van der Waals surface area contributed by atoms with Crippen molar-refractivity contribution in [2.45, 2.75) is 6.10 Å². The van der Waals surface area contributed by atoms with Crippen LogP contribution in [0.15, 0.2) is 36.4 Å². The summed E-state index contributed by atoms with van der Waals surface area (Å²) in [5, 5.41) is 20.4. The van der Waals surface area contributed by atoms with Gasteiger partial charge in [0.2, 0.25) is 0 Å². The van der Waals surface area contributed by atoms with Crippen molar-refractivity contribution in [3.63, 3.8) is 0 Å². The van der Waals surface area contributed by atoms with Crippen LogP contribution in [0.3, 0.4) is 0 Å². The molecule has 5 heteroatoms. The van der Waals surface area contributed by atoms with Gasteiger partial charge in [0.1, 0.15) is 18.1 Å². The molecule has 98 valence electrons. The van der Waals surface area contributed by atoms with Gasteiger partial charge in [0.25, 0.3) is 0 Å². The van der Waals surface area contributed by atoms with Gasteiger partial charge in [-0.3, -0.25) is 4.79 Å². The van der Waals surface area contributed by atoms with Crippen LogP contribution >= 0.6 is 23.2 Å². The monoisotopic (exact) mass is 296 g/mol. The van der Waals surface area contributed by atoms with Crippen LogP contribution in [0.1, 0.15) is 27.6 Å². The number of aliphatic hydroxyl groups excluding tert-OH is 1. The third-order valence-electron chi connectivity index (χ3n) is 2.77. The van der Waals surface area contributed by atoms with E-state index in [1.165, 1.54) is 12.1 Å². The molecule has 0 aliphatic heterocycles. The first kappa shape index (κ1) is 13.9. The second-order valence-electron chi connectivity index (χ2n) is 3.98. The highest BCUT2D eigenvalue weighted by molar-refractivity contribution is 6.42. The maximum Gasteiger partial charge on any atom is 0.150 e. The number of phenols is 1. The van der Waals surface area contributed by atoms with E-state index < -0.39 is 6.10 Å². The van der Waals surface area contributed by atoms with E-state index in [9.17, 15) is 15.0 Å². The number of phenolic OH excluding ortho intramolecular Hbond substituents is 1. The minimum atomic E-state index is -1.12. The number of hydrogen-bond donors (Lipinski definition) is 2. The Kier molecular flexibility index (Phi) is 4.10. The van der Waals surface area contributed by atoms with Gasteiger partial charge in [-0.1, -0.05) is 47.5 Å². The standard InChI is InChI=1S/C14H10Cl2O3/c15-10-5-6-11(18)12(13(10)16)14(19)9-3-1-8(7-17)2-4-9/h1-7,14,18-19H. The molecule has 0 fully saturated rings. The molecule has 0 radical (unpaired) electrons. The highest BCUT2D eigenvalue weighted by atomic mass is 35.5. The van der Waals surface area contributed by atoms with E-state index in [2.05, 4.69) is 0 Å². The van der Waals surface area contributed by atoms with Gasteiger partial charge in [-0.05, 0) is 17.7 Å². The smallest absolute Gasteiger partial charge is 0.150 e. The summed E-state index contributed by atoms with van der Waals surface area (Å²) in [7, 11) is 0. The Balaban J connectivity index is 2.46. The number of hydrogen-bond acceptors (Lipinski definition) is 3. The van der Waals surface area contributed by atoms with E-state index in [4.69, 9.17) is 23.2 Å². The Morgan fingerprint density at radius 2 is 1.68 bits per heavy atom. The van der Waals surface area contributed by atoms with E-state index >= 15 is 0 Å². The van der Waals surface area contributed by atoms with Crippen LogP contribution in [0.2, 0.25) is 10.0 Å². The molecule has 0 spiro atoms. The number of aliphatic hydroxyl groups is 1. The van der Waals surface area contributed by atoms with Crippen LogP contribution in [0, 0.1) is 0 Å². The molecule has 0 saturated carbocycles. The molecule has 0 amide bonds. The second kappa shape index (κ2) is 5.61. The van der Waals surface area contributed by atoms with Gasteiger partial charge >= 0.3 is 0 Å². The fraction of sp³-hybridized carbons (Fsp3) is 0.0714. The van der Waals surface area contributed by atoms with E-state index in [1.807, 2.05) is 0 Å². The van der Waals surface area contributed by atoms with Crippen LogP contribution in [0.25, 0.3) is 0 Å². The van der Waals surface area contributed by atoms with Gasteiger partial charge in [0.15, 0.2) is 0 Å². The third kappa shape index (κ3) is 2.73. The number of aldehydes is 1. The normalized spacial score (nSPS) is 12.2. The molecule has 2 aromatic carbocycles. The lowest BCUT2D eigenvalue weighted by Crippen LogP contribution is -2.01. The Hall–Kier alpha value is -1.55. The SMILES string of the molecule is O=Cc1ccc(C(O)c2c(O)ccc(Cl)c2Cl)cc1. The number of halogens is 2. The lowest BCUT2D eigenvalue weighted by Gasteiger charge is -2.15. The van der Waals surface area contributed by atoms with Gasteiger partial charge in [-0.15, -0.1) is 0 Å². The Bertz CT molecular complexity index is 609. The summed E-state index contributed by atoms with van der Waals surface area (Å²) in [5.41, 5.74) is 1.15. The first-order valence-corrected chi connectivity index (χ1v) is 6.20. The fourth-order valence-electron chi connectivity index (χ4n) is 1.74. The second-order valence-corrected chi connectivity index (χ2v) is 4.77. The van der Waals surface area contributed by atoms with Crippen molar-refractivity contribution >= 4 is 29.5 Å². The molecule has 2 N–H and O–H groups in total. The predicted molar refractivity (Wildman–Crippen MR) is 74.0 cm³/mol. The zero-order valence-corrected chi connectivity index (χ0v) is 11.2. The number of aromatic hydroxyl groups is 1. The first-order chi connectivity index (χ1) is 9.04. The van der Waals surface area contributed by atoms with Gasteiger partial charge in [0, 0.05) is 11.1 Å². The molecule has 0 aliphatic rings. The van der Waals surface area contributed by atoms with E-state index in [0.717, 1.165) is 0 Å². The molecule has 0 aliphatic carbocycles. The zero-order chi connectivity index (χ0) is 14.0. The van der Waals surface area contributed by atoms with Crippen LogP contribution < -0.4 is 0 Å². The molecule has 2 rings (SSSR count). The molecule has 3 nitrogen and oxygen atoms in total. The average molecular weight is 297 g/mol. The lowest BCUT2D eigenvalue weighted by atomic mass is 9.99. The Labute approximate surface area is 120 Å². The first-order valence-electron chi connectivity index (χ1n) is 5.44. The minimum Gasteiger partial charge on any atom is -0.508 e. The van der Waals surface area contributed by atoms with Crippen molar-refractivity contribution in [2.24, 2.45) is 0 Å². The van der Waals surface area contributed by atoms with Crippen molar-refractivity contribution in [2.75, 3.05) is 0 Å². The maximum atomic E-state index is 10.6. The molecule has 1 unspecified atom stereocenters. The molecule has 0 heterocycles. The largest absolute Gasteiger partial charge is 0.508 e. The van der Waals surface area contributed by atoms with Crippen LogP contribution in [0.4, 0.5) is 0 Å². The minimum absolute atomic E-state index is 0.105. The summed E-state index contributed by atoms with van der Waals surface area (Å²) >= 11 is 11.9. The van der Waals surface area contributed by atoms with Crippen LogP contribution in [-0.4, -0.2) is 16.5 Å². The van der Waals surface area contributed by atoms with E-state index in [-0.39, 0.29) is 21.4 Å². The maximum absolute atomic E-state index is 10.6. The lowest BCUT2D eigenvalue weighted by molar-refractivity contribution is 0.112. The topological polar surface area (TPSA) is 57.5 Å². The molecule has 1 atom stereocenters. The van der Waals surface area contributed by atoms with E-state index in [0.29, 0.717) is 17.4 Å². The summed E-state index contributed by atoms with van der Waals surface area (Å²) in [6.07, 6.45) is -0.410. The molecule has 19 heavy (non-hydrogen) atoms. The van der Waals surface area contributed by atoms with Crippen molar-refractivity contribution in [3.8, 4) is 5.75 Å². The summed E-state index contributed by atoms with van der Waals surface area (Å²) < 4.78 is 0. The summed E-state index contributed by atoms with van der Waals surface area (Å²) in [6.45, 7) is 0. The van der Waals surface area contributed by atoms with Crippen molar-refractivity contribution in [1.82, 2.24) is 0 Å². The fourth-order valence-corrected chi connectivity index (χ4v) is 2.17. The molecule has 0 bridgehead atoms. The van der Waals surface area contributed by atoms with Gasteiger partial charge in [0.05, 0.1) is 10.0 Å². The highest BCUT2D eigenvalue weighted by Gasteiger charge is 2.20. The van der Waals surface area contributed by atoms with Gasteiger partial charge in [-0.25, -0.2) is 0 Å². The highest BCUT2D eigenvalue weighted by Crippen LogP contribution is 2.39.